The van der Waals surface area contributed by atoms with E-state index < -0.39 is 0 Å². The highest BCUT2D eigenvalue weighted by molar-refractivity contribution is 14.1. The van der Waals surface area contributed by atoms with Gasteiger partial charge in [0.1, 0.15) is 23.8 Å². The molecule has 0 atom stereocenters. The van der Waals surface area contributed by atoms with E-state index in [4.69, 9.17) is 25.7 Å². The molecule has 0 saturated carbocycles. The van der Waals surface area contributed by atoms with Crippen LogP contribution >= 0.6 is 56.8 Å². The minimum atomic E-state index is -0.320. The number of furan rings is 1. The van der Waals surface area contributed by atoms with Gasteiger partial charge in [-0.3, -0.25) is 4.79 Å². The maximum absolute atomic E-state index is 13.5. The molecule has 0 unspecified atom stereocenters. The number of aromatic nitrogens is 2. The van der Waals surface area contributed by atoms with Crippen LogP contribution in [0.25, 0.3) is 33.5 Å². The normalized spacial score (nSPS) is 11.6. The van der Waals surface area contributed by atoms with Gasteiger partial charge in [0.15, 0.2) is 5.76 Å². The van der Waals surface area contributed by atoms with E-state index in [0.29, 0.717) is 39.6 Å². The molecule has 0 aliphatic heterocycles. The number of hydrogen-bond acceptors (Lipinski definition) is 5. The number of ether oxygens (including phenoxy) is 1. The zero-order valence-electron chi connectivity index (χ0n) is 20.4. The molecule has 6 rings (SSSR count). The molecule has 0 saturated heterocycles. The standard InChI is InChI=1S/C30H17ClFI2N3O3/c31-20-7-10-26-19(13-20)14-27(40-26)29-36-25-4-2-1-3-22(25)30(38)37(29)35-15-18-11-23(33)28(24(34)12-18)39-16-17-5-8-21(32)9-6-17/h1-15H,16H2. The van der Waals surface area contributed by atoms with Crippen LogP contribution in [0.2, 0.25) is 5.02 Å². The molecule has 198 valence electrons. The zero-order chi connectivity index (χ0) is 27.8. The largest absolute Gasteiger partial charge is 0.487 e. The van der Waals surface area contributed by atoms with Crippen LogP contribution in [-0.4, -0.2) is 15.9 Å². The quantitative estimate of drug-likeness (QED) is 0.126. The lowest BCUT2D eigenvalue weighted by Gasteiger charge is -2.12. The van der Waals surface area contributed by atoms with E-state index in [2.05, 4.69) is 50.3 Å². The van der Waals surface area contributed by atoms with Gasteiger partial charge in [-0.05, 0) is 117 Å². The fraction of sp³-hybridized carbons (Fsp3) is 0.0333. The Labute approximate surface area is 259 Å². The molecule has 2 aromatic heterocycles. The van der Waals surface area contributed by atoms with E-state index in [1.54, 1.807) is 60.8 Å². The lowest BCUT2D eigenvalue weighted by Crippen LogP contribution is -2.20. The van der Waals surface area contributed by atoms with Gasteiger partial charge in [0.2, 0.25) is 5.82 Å². The lowest BCUT2D eigenvalue weighted by molar-refractivity contribution is 0.301. The van der Waals surface area contributed by atoms with Crippen molar-refractivity contribution in [3.8, 4) is 17.3 Å². The number of nitrogens with zero attached hydrogens (tertiary/aromatic N) is 3. The Balaban J connectivity index is 1.37. The van der Waals surface area contributed by atoms with Crippen LogP contribution in [0.1, 0.15) is 11.1 Å². The molecule has 6 aromatic rings. The highest BCUT2D eigenvalue weighted by Gasteiger charge is 2.17. The highest BCUT2D eigenvalue weighted by Crippen LogP contribution is 2.31. The van der Waals surface area contributed by atoms with Crippen LogP contribution in [0.5, 0.6) is 5.75 Å². The van der Waals surface area contributed by atoms with Gasteiger partial charge in [0.25, 0.3) is 5.56 Å². The molecule has 0 amide bonds. The minimum absolute atomic E-state index is 0.274. The maximum Gasteiger partial charge on any atom is 0.282 e. The third kappa shape index (κ3) is 5.50. The van der Waals surface area contributed by atoms with Crippen LogP contribution in [0, 0.1) is 13.0 Å². The van der Waals surface area contributed by atoms with Crippen molar-refractivity contribution in [1.82, 2.24) is 9.66 Å². The molecule has 40 heavy (non-hydrogen) atoms. The molecular formula is C30H17ClFI2N3O3. The molecule has 0 bridgehead atoms. The summed E-state index contributed by atoms with van der Waals surface area (Å²) >= 11 is 10.6. The summed E-state index contributed by atoms with van der Waals surface area (Å²) in [6.45, 7) is 0.309. The summed E-state index contributed by atoms with van der Waals surface area (Å²) in [6.07, 6.45) is 1.61. The number of halogens is 4. The molecule has 4 aromatic carbocycles. The van der Waals surface area contributed by atoms with Crippen molar-refractivity contribution < 1.29 is 13.5 Å². The van der Waals surface area contributed by atoms with Crippen molar-refractivity contribution in [2.24, 2.45) is 5.10 Å². The molecule has 0 N–H and O–H groups in total. The van der Waals surface area contributed by atoms with Gasteiger partial charge in [-0.25, -0.2) is 9.37 Å². The first kappa shape index (κ1) is 26.9. The second-order valence-electron chi connectivity index (χ2n) is 8.84. The molecule has 2 heterocycles. The number of hydrogen-bond donors (Lipinski definition) is 0. The van der Waals surface area contributed by atoms with Crippen LogP contribution in [0.15, 0.2) is 99.2 Å². The van der Waals surface area contributed by atoms with E-state index in [9.17, 15) is 9.18 Å². The van der Waals surface area contributed by atoms with Crippen molar-refractivity contribution in [2.45, 2.75) is 6.61 Å². The second kappa shape index (κ2) is 11.3. The Morgan fingerprint density at radius 1 is 1.00 bits per heavy atom. The molecule has 0 fully saturated rings. The number of benzene rings is 4. The zero-order valence-corrected chi connectivity index (χ0v) is 25.5. The van der Waals surface area contributed by atoms with Crippen molar-refractivity contribution >= 4 is 84.9 Å². The predicted molar refractivity (Wildman–Crippen MR) is 172 cm³/mol. The minimum Gasteiger partial charge on any atom is -0.487 e. The van der Waals surface area contributed by atoms with Crippen molar-refractivity contribution in [3.05, 3.63) is 124 Å². The van der Waals surface area contributed by atoms with E-state index in [1.807, 2.05) is 18.2 Å². The second-order valence-corrected chi connectivity index (χ2v) is 11.6. The van der Waals surface area contributed by atoms with Gasteiger partial charge >= 0.3 is 0 Å². The number of rotatable bonds is 6. The first-order valence-corrected chi connectivity index (χ1v) is 14.5. The van der Waals surface area contributed by atoms with Crippen LogP contribution in [-0.2, 0) is 6.61 Å². The Morgan fingerprint density at radius 3 is 2.52 bits per heavy atom. The van der Waals surface area contributed by atoms with E-state index in [-0.39, 0.29) is 17.2 Å². The average molecular weight is 776 g/mol. The Hall–Kier alpha value is -3.29. The van der Waals surface area contributed by atoms with Crippen LogP contribution in [0.4, 0.5) is 4.39 Å². The Kier molecular flexibility index (Phi) is 7.60. The van der Waals surface area contributed by atoms with Crippen molar-refractivity contribution in [2.75, 3.05) is 0 Å². The topological polar surface area (TPSA) is 69.6 Å². The van der Waals surface area contributed by atoms with Crippen molar-refractivity contribution in [1.29, 1.82) is 0 Å². The monoisotopic (exact) mass is 775 g/mol. The number of para-hydroxylation sites is 1. The third-order valence-electron chi connectivity index (χ3n) is 6.09. The van der Waals surface area contributed by atoms with Crippen LogP contribution < -0.4 is 10.3 Å². The van der Waals surface area contributed by atoms with Gasteiger partial charge in [-0.2, -0.15) is 9.78 Å². The summed E-state index contributed by atoms with van der Waals surface area (Å²) in [7, 11) is 0. The molecule has 0 radical (unpaired) electrons. The first-order chi connectivity index (χ1) is 19.4. The Morgan fingerprint density at radius 2 is 1.75 bits per heavy atom. The average Bonchev–Trinajstić information content (AvgIpc) is 3.36. The first-order valence-electron chi connectivity index (χ1n) is 12.0. The Bertz CT molecular complexity index is 1960. The van der Waals surface area contributed by atoms with Gasteiger partial charge in [-0.15, -0.1) is 0 Å². The molecular weight excluding hydrogens is 759 g/mol. The van der Waals surface area contributed by atoms with Gasteiger partial charge in [-0.1, -0.05) is 35.9 Å². The number of fused-ring (bicyclic) bond motifs is 2. The summed E-state index contributed by atoms with van der Waals surface area (Å²) in [4.78, 5) is 18.3. The smallest absolute Gasteiger partial charge is 0.282 e. The summed E-state index contributed by atoms with van der Waals surface area (Å²) < 4.78 is 28.3. The van der Waals surface area contributed by atoms with Gasteiger partial charge in [0, 0.05) is 10.4 Å². The fourth-order valence-electron chi connectivity index (χ4n) is 4.17. The maximum atomic E-state index is 13.5. The summed E-state index contributed by atoms with van der Waals surface area (Å²) in [5.41, 5.74) is 2.48. The molecule has 0 aliphatic carbocycles. The summed E-state index contributed by atoms with van der Waals surface area (Å²) in [5, 5.41) is 6.36. The van der Waals surface area contributed by atoms with E-state index in [0.717, 1.165) is 23.7 Å². The molecule has 6 nitrogen and oxygen atoms in total. The van der Waals surface area contributed by atoms with Crippen molar-refractivity contribution in [3.63, 3.8) is 0 Å². The molecule has 10 heteroatoms. The highest BCUT2D eigenvalue weighted by atomic mass is 127. The fourth-order valence-corrected chi connectivity index (χ4v) is 6.48. The summed E-state index contributed by atoms with van der Waals surface area (Å²) in [5.74, 6) is 1.10. The van der Waals surface area contributed by atoms with E-state index >= 15 is 0 Å². The van der Waals surface area contributed by atoms with Gasteiger partial charge < -0.3 is 9.15 Å². The lowest BCUT2D eigenvalue weighted by atomic mass is 10.2. The van der Waals surface area contributed by atoms with E-state index in [1.165, 1.54) is 16.8 Å². The summed E-state index contributed by atoms with van der Waals surface area (Å²) in [6, 6.07) is 24.3. The van der Waals surface area contributed by atoms with Crippen LogP contribution in [0.3, 0.4) is 0 Å². The van der Waals surface area contributed by atoms with Gasteiger partial charge in [0.05, 0.1) is 24.3 Å². The molecule has 0 spiro atoms. The third-order valence-corrected chi connectivity index (χ3v) is 7.93. The molecule has 0 aliphatic rings. The predicted octanol–water partition coefficient (Wildman–Crippen LogP) is 8.27. The SMILES string of the molecule is O=c1c2ccccc2nc(-c2cc3cc(Cl)ccc3o2)n1N=Cc1cc(I)c(OCc2ccc(F)cc2)c(I)c1.